The Morgan fingerprint density at radius 1 is 0.655 bits per heavy atom. The van der Waals surface area contributed by atoms with E-state index in [4.69, 9.17) is 19.9 Å². The summed E-state index contributed by atoms with van der Waals surface area (Å²) in [6.07, 6.45) is 34.7. The molecule has 1 aliphatic heterocycles. The predicted octanol–water partition coefficient (Wildman–Crippen LogP) is 11.1. The standard InChI is InChI=1S/C45H81N3O7/c1-3-5-7-9-11-13-15-17-19-21-23-25-27-29-31-33-40(49)53-37-38-43(42(51)44(54-38)48-36-35-39(46)47-45(48)52)55-41(50)34-32-30-28-26-24-22-20-18-16-14-12-10-8-6-4-2/h35-36,38,42-44,51H,3-34,37H2,1-2H3,(H2,46,47,52)/t38-,42+,43-,44-/m1/s1. The molecule has 0 bridgehead atoms. The van der Waals surface area contributed by atoms with Crippen molar-refractivity contribution in [3.8, 4) is 0 Å². The smallest absolute Gasteiger partial charge is 0.351 e. The molecule has 0 radical (unpaired) electrons. The number of nitrogens with two attached hydrogens (primary N) is 1. The lowest BCUT2D eigenvalue weighted by atomic mass is 10.0. The van der Waals surface area contributed by atoms with Crippen molar-refractivity contribution in [2.45, 2.75) is 244 Å². The number of ether oxygens (including phenoxy) is 3. The number of rotatable bonds is 36. The number of nitrogen functional groups attached to an aromatic ring is 1. The monoisotopic (exact) mass is 776 g/mol. The van der Waals surface area contributed by atoms with E-state index in [2.05, 4.69) is 18.8 Å². The zero-order valence-corrected chi connectivity index (χ0v) is 35.2. The summed E-state index contributed by atoms with van der Waals surface area (Å²) in [6.45, 7) is 4.32. The van der Waals surface area contributed by atoms with Crippen LogP contribution in [-0.2, 0) is 23.8 Å². The van der Waals surface area contributed by atoms with Crippen LogP contribution in [0.3, 0.4) is 0 Å². The largest absolute Gasteiger partial charge is 0.463 e. The predicted molar refractivity (Wildman–Crippen MR) is 223 cm³/mol. The van der Waals surface area contributed by atoms with Crippen LogP contribution >= 0.6 is 0 Å². The Hall–Kier alpha value is -2.46. The first-order valence-electron chi connectivity index (χ1n) is 22.9. The van der Waals surface area contributed by atoms with Gasteiger partial charge in [0.2, 0.25) is 0 Å². The van der Waals surface area contributed by atoms with E-state index >= 15 is 0 Å². The van der Waals surface area contributed by atoms with Gasteiger partial charge >= 0.3 is 17.6 Å². The highest BCUT2D eigenvalue weighted by Crippen LogP contribution is 2.31. The maximum absolute atomic E-state index is 12.9. The quantitative estimate of drug-likeness (QED) is 0.0503. The number of anilines is 1. The Labute approximate surface area is 334 Å². The van der Waals surface area contributed by atoms with Crippen LogP contribution in [0, 0.1) is 0 Å². The fourth-order valence-corrected chi connectivity index (χ4v) is 7.59. The molecule has 0 saturated carbocycles. The first-order valence-corrected chi connectivity index (χ1v) is 22.9. The lowest BCUT2D eigenvalue weighted by Crippen LogP contribution is -2.39. The molecule has 1 fully saturated rings. The van der Waals surface area contributed by atoms with E-state index in [-0.39, 0.29) is 24.8 Å². The molecule has 10 heteroatoms. The van der Waals surface area contributed by atoms with Gasteiger partial charge in [-0.15, -0.1) is 0 Å². The van der Waals surface area contributed by atoms with E-state index in [1.54, 1.807) is 0 Å². The number of aliphatic hydroxyl groups is 1. The van der Waals surface area contributed by atoms with Gasteiger partial charge in [0, 0.05) is 19.0 Å². The lowest BCUT2D eigenvalue weighted by Gasteiger charge is -2.21. The second kappa shape index (κ2) is 32.6. The molecular weight excluding hydrogens is 695 g/mol. The third-order valence-corrected chi connectivity index (χ3v) is 11.1. The molecule has 1 aromatic rings. The molecule has 1 aliphatic rings. The van der Waals surface area contributed by atoms with Gasteiger partial charge in [-0.25, -0.2) is 4.79 Å². The van der Waals surface area contributed by atoms with Crippen molar-refractivity contribution in [1.29, 1.82) is 0 Å². The molecule has 0 unspecified atom stereocenters. The molecule has 0 aliphatic carbocycles. The third-order valence-electron chi connectivity index (χ3n) is 11.1. The fraction of sp³-hybridized carbons (Fsp3) is 0.867. The van der Waals surface area contributed by atoms with E-state index in [0.29, 0.717) is 12.8 Å². The van der Waals surface area contributed by atoms with E-state index < -0.39 is 36.2 Å². The summed E-state index contributed by atoms with van der Waals surface area (Å²) in [5.74, 6) is -0.755. The van der Waals surface area contributed by atoms with Gasteiger partial charge in [0.05, 0.1) is 0 Å². The molecule has 0 aromatic carbocycles. The Bertz CT molecular complexity index is 1160. The van der Waals surface area contributed by atoms with Crippen molar-refractivity contribution >= 4 is 17.8 Å². The number of hydrogen-bond donors (Lipinski definition) is 2. The van der Waals surface area contributed by atoms with Gasteiger partial charge in [-0.05, 0) is 18.9 Å². The fourth-order valence-electron chi connectivity index (χ4n) is 7.59. The molecule has 1 aromatic heterocycles. The van der Waals surface area contributed by atoms with Gasteiger partial charge in [0.1, 0.15) is 24.6 Å². The first kappa shape index (κ1) is 48.7. The van der Waals surface area contributed by atoms with Gasteiger partial charge in [-0.3, -0.25) is 14.2 Å². The highest BCUT2D eigenvalue weighted by molar-refractivity contribution is 5.70. The molecule has 3 N–H and O–H groups in total. The first-order chi connectivity index (χ1) is 26.9. The minimum Gasteiger partial charge on any atom is -0.463 e. The number of esters is 2. The molecule has 1 saturated heterocycles. The van der Waals surface area contributed by atoms with Crippen LogP contribution < -0.4 is 11.4 Å². The van der Waals surface area contributed by atoms with Crippen LogP contribution in [0.1, 0.15) is 226 Å². The van der Waals surface area contributed by atoms with E-state index in [1.807, 2.05) is 0 Å². The zero-order valence-electron chi connectivity index (χ0n) is 35.2. The number of aliphatic hydroxyl groups excluding tert-OH is 1. The summed E-state index contributed by atoms with van der Waals surface area (Å²) < 4.78 is 18.4. The lowest BCUT2D eigenvalue weighted by molar-refractivity contribution is -0.160. The molecule has 0 spiro atoms. The molecule has 55 heavy (non-hydrogen) atoms. The maximum atomic E-state index is 12.9. The Balaban J connectivity index is 1.64. The third kappa shape index (κ3) is 23.4. The van der Waals surface area contributed by atoms with Crippen molar-refractivity contribution < 1.29 is 28.9 Å². The van der Waals surface area contributed by atoms with E-state index in [9.17, 15) is 19.5 Å². The summed E-state index contributed by atoms with van der Waals surface area (Å²) >= 11 is 0. The number of carbonyl (C=O) groups is 2. The average Bonchev–Trinajstić information content (AvgIpc) is 3.47. The topological polar surface area (TPSA) is 143 Å². The van der Waals surface area contributed by atoms with Crippen molar-refractivity contribution in [1.82, 2.24) is 9.55 Å². The van der Waals surface area contributed by atoms with E-state index in [1.165, 1.54) is 166 Å². The van der Waals surface area contributed by atoms with Crippen LogP contribution in [0.25, 0.3) is 0 Å². The number of carbonyl (C=O) groups excluding carboxylic acids is 2. The normalized spacial score (nSPS) is 18.2. The van der Waals surface area contributed by atoms with Crippen molar-refractivity contribution in [2.24, 2.45) is 0 Å². The Kier molecular flexibility index (Phi) is 28.9. The molecule has 0 amide bonds. The maximum Gasteiger partial charge on any atom is 0.351 e. The van der Waals surface area contributed by atoms with E-state index in [0.717, 1.165) is 36.7 Å². The molecule has 318 valence electrons. The van der Waals surface area contributed by atoms with Crippen molar-refractivity contribution in [3.63, 3.8) is 0 Å². The van der Waals surface area contributed by atoms with Crippen LogP contribution in [0.15, 0.2) is 17.1 Å². The number of aromatic nitrogens is 2. The summed E-state index contributed by atoms with van der Waals surface area (Å²) in [5.41, 5.74) is 4.96. The van der Waals surface area contributed by atoms with Crippen LogP contribution in [-0.4, -0.2) is 51.5 Å². The highest BCUT2D eigenvalue weighted by atomic mass is 16.6. The van der Waals surface area contributed by atoms with Crippen LogP contribution in [0.4, 0.5) is 5.82 Å². The SMILES string of the molecule is CCCCCCCCCCCCCCCCCC(=O)OC[C@H]1O[C@@H](n2ccc(N)nc2=O)[C@@H](O)[C@@H]1OC(=O)CCCCCCCCCCCCCCCCC. The summed E-state index contributed by atoms with van der Waals surface area (Å²) in [4.78, 5) is 41.8. The van der Waals surface area contributed by atoms with Gasteiger partial charge in [0.15, 0.2) is 12.3 Å². The number of nitrogens with zero attached hydrogens (tertiary/aromatic N) is 2. The van der Waals surface area contributed by atoms with Crippen molar-refractivity contribution in [3.05, 3.63) is 22.7 Å². The van der Waals surface area contributed by atoms with Gasteiger partial charge in [0.25, 0.3) is 0 Å². The molecule has 2 heterocycles. The highest BCUT2D eigenvalue weighted by Gasteiger charge is 2.48. The Morgan fingerprint density at radius 2 is 1.04 bits per heavy atom. The molecule has 10 nitrogen and oxygen atoms in total. The van der Waals surface area contributed by atoms with Crippen LogP contribution in [0.5, 0.6) is 0 Å². The van der Waals surface area contributed by atoms with Gasteiger partial charge in [-0.2, -0.15) is 4.98 Å². The van der Waals surface area contributed by atoms with Crippen molar-refractivity contribution in [2.75, 3.05) is 12.3 Å². The molecule has 4 atom stereocenters. The van der Waals surface area contributed by atoms with Crippen LogP contribution in [0.2, 0.25) is 0 Å². The second-order valence-corrected chi connectivity index (χ2v) is 16.1. The molecular formula is C45H81N3O7. The van der Waals surface area contributed by atoms with Gasteiger partial charge < -0.3 is 25.1 Å². The Morgan fingerprint density at radius 3 is 1.44 bits per heavy atom. The zero-order chi connectivity index (χ0) is 39.8. The molecule has 2 rings (SSSR count). The number of unbranched alkanes of at least 4 members (excludes halogenated alkanes) is 28. The number of hydrogen-bond acceptors (Lipinski definition) is 9. The average molecular weight is 776 g/mol. The van der Waals surface area contributed by atoms with Gasteiger partial charge in [-0.1, -0.05) is 194 Å². The summed E-state index contributed by atoms with van der Waals surface area (Å²) in [7, 11) is 0. The second-order valence-electron chi connectivity index (χ2n) is 16.1. The summed E-state index contributed by atoms with van der Waals surface area (Å²) in [5, 5.41) is 11.2. The summed E-state index contributed by atoms with van der Waals surface area (Å²) in [6, 6.07) is 1.43. The minimum absolute atomic E-state index is 0.0458. The minimum atomic E-state index is -1.35.